The monoisotopic (exact) mass is 252 g/mol. The van der Waals surface area contributed by atoms with E-state index in [9.17, 15) is 0 Å². The Morgan fingerprint density at radius 3 is 2.84 bits per heavy atom. The zero-order valence-electron chi connectivity index (χ0n) is 11.6. The van der Waals surface area contributed by atoms with Gasteiger partial charge in [-0.3, -0.25) is 0 Å². The van der Waals surface area contributed by atoms with Crippen molar-refractivity contribution in [3.8, 4) is 0 Å². The highest BCUT2D eigenvalue weighted by atomic mass is 15.2. The fourth-order valence-electron chi connectivity index (χ4n) is 2.69. The lowest BCUT2D eigenvalue weighted by molar-refractivity contribution is 0.783. The molecule has 2 heteroatoms. The smallest absolute Gasteiger partial charge is 0.0605 e. The molecule has 0 aliphatic carbocycles. The highest BCUT2D eigenvalue weighted by molar-refractivity contribution is 5.72. The Morgan fingerprint density at radius 2 is 1.95 bits per heavy atom. The Bertz CT molecular complexity index is 590. The van der Waals surface area contributed by atoms with Crippen LogP contribution < -0.4 is 10.2 Å². The summed E-state index contributed by atoms with van der Waals surface area (Å²) in [5, 5.41) is 3.46. The number of fused-ring (bicyclic) bond motifs is 1. The molecule has 98 valence electrons. The Hall–Kier alpha value is -1.96. The van der Waals surface area contributed by atoms with Crippen molar-refractivity contribution in [2.75, 3.05) is 23.3 Å². The second-order valence-corrected chi connectivity index (χ2v) is 5.30. The lowest BCUT2D eigenvalue weighted by atomic mass is 10.0. The molecule has 0 unspecified atom stereocenters. The normalized spacial score (nSPS) is 13.9. The first-order chi connectivity index (χ1) is 9.24. The zero-order valence-corrected chi connectivity index (χ0v) is 11.6. The molecule has 19 heavy (non-hydrogen) atoms. The van der Waals surface area contributed by atoms with Crippen molar-refractivity contribution in [2.45, 2.75) is 20.4 Å². The molecule has 3 rings (SSSR count). The maximum atomic E-state index is 3.46. The average Bonchev–Trinajstić information content (AvgIpc) is 2.43. The second kappa shape index (κ2) is 4.96. The summed E-state index contributed by atoms with van der Waals surface area (Å²) in [5.41, 5.74) is 6.70. The minimum Gasteiger partial charge on any atom is -0.382 e. The van der Waals surface area contributed by atoms with Crippen LogP contribution in [0.15, 0.2) is 42.5 Å². The Balaban J connectivity index is 1.90. The van der Waals surface area contributed by atoms with Crippen molar-refractivity contribution in [3.05, 3.63) is 59.2 Å². The number of rotatable bonds is 2. The first kappa shape index (κ1) is 12.1. The van der Waals surface area contributed by atoms with Gasteiger partial charge in [0, 0.05) is 19.6 Å². The van der Waals surface area contributed by atoms with E-state index in [1.807, 2.05) is 0 Å². The van der Waals surface area contributed by atoms with E-state index in [4.69, 9.17) is 0 Å². The van der Waals surface area contributed by atoms with Crippen molar-refractivity contribution < 1.29 is 0 Å². The Kier molecular flexibility index (Phi) is 3.16. The van der Waals surface area contributed by atoms with E-state index < -0.39 is 0 Å². The number of hydrogen-bond donors (Lipinski definition) is 1. The van der Waals surface area contributed by atoms with Gasteiger partial charge in [-0.05, 0) is 37.1 Å². The third-order valence-corrected chi connectivity index (χ3v) is 3.81. The van der Waals surface area contributed by atoms with E-state index in [-0.39, 0.29) is 0 Å². The largest absolute Gasteiger partial charge is 0.382 e. The lowest BCUT2D eigenvalue weighted by Crippen LogP contribution is -2.33. The van der Waals surface area contributed by atoms with Crippen LogP contribution in [0.2, 0.25) is 0 Å². The van der Waals surface area contributed by atoms with Gasteiger partial charge in [0.05, 0.1) is 11.4 Å². The third kappa shape index (κ3) is 2.43. The van der Waals surface area contributed by atoms with E-state index in [1.165, 1.54) is 28.1 Å². The molecule has 0 fully saturated rings. The highest BCUT2D eigenvalue weighted by Gasteiger charge is 2.16. The Morgan fingerprint density at radius 1 is 1.11 bits per heavy atom. The van der Waals surface area contributed by atoms with Crippen LogP contribution in [-0.4, -0.2) is 13.1 Å². The molecule has 1 heterocycles. The van der Waals surface area contributed by atoms with Crippen LogP contribution in [0.5, 0.6) is 0 Å². The molecule has 0 bridgehead atoms. The number of nitrogens with zero attached hydrogens (tertiary/aromatic N) is 1. The molecular weight excluding hydrogens is 232 g/mol. The molecule has 0 atom stereocenters. The van der Waals surface area contributed by atoms with Gasteiger partial charge in [0.1, 0.15) is 0 Å². The summed E-state index contributed by atoms with van der Waals surface area (Å²) in [5.74, 6) is 0. The molecule has 1 aliphatic heterocycles. The first-order valence-electron chi connectivity index (χ1n) is 6.88. The predicted octanol–water partition coefficient (Wildman–Crippen LogP) is 3.74. The molecule has 2 aromatic rings. The summed E-state index contributed by atoms with van der Waals surface area (Å²) in [4.78, 5) is 2.47. The fraction of sp³-hybridized carbons (Fsp3) is 0.294. The predicted molar refractivity (Wildman–Crippen MR) is 81.9 cm³/mol. The summed E-state index contributed by atoms with van der Waals surface area (Å²) in [6.07, 6.45) is 0. The van der Waals surface area contributed by atoms with Gasteiger partial charge in [0.15, 0.2) is 0 Å². The van der Waals surface area contributed by atoms with Crippen LogP contribution in [0, 0.1) is 13.8 Å². The summed E-state index contributed by atoms with van der Waals surface area (Å²) >= 11 is 0. The van der Waals surface area contributed by atoms with Gasteiger partial charge in [0.25, 0.3) is 0 Å². The highest BCUT2D eigenvalue weighted by Crippen LogP contribution is 2.30. The number of hydrogen-bond acceptors (Lipinski definition) is 2. The molecule has 1 aliphatic rings. The molecule has 0 amide bonds. The standard InChI is InChI=1S/C17H20N2/c1-13-7-8-14(2)15(11-13)12-19-10-9-18-16-5-3-4-6-17(16)19/h3-8,11,18H,9-10,12H2,1-2H3. The van der Waals surface area contributed by atoms with Crippen molar-refractivity contribution in [1.29, 1.82) is 0 Å². The van der Waals surface area contributed by atoms with Crippen LogP contribution in [0.4, 0.5) is 11.4 Å². The minimum atomic E-state index is 0.992. The fourth-order valence-corrected chi connectivity index (χ4v) is 2.69. The summed E-state index contributed by atoms with van der Waals surface area (Å²) in [6.45, 7) is 7.43. The summed E-state index contributed by atoms with van der Waals surface area (Å²) in [7, 11) is 0. The van der Waals surface area contributed by atoms with Gasteiger partial charge < -0.3 is 10.2 Å². The van der Waals surface area contributed by atoms with Crippen molar-refractivity contribution in [3.63, 3.8) is 0 Å². The maximum Gasteiger partial charge on any atom is 0.0605 e. The van der Waals surface area contributed by atoms with E-state index in [2.05, 4.69) is 66.5 Å². The van der Waals surface area contributed by atoms with Crippen LogP contribution in [0.3, 0.4) is 0 Å². The molecule has 2 nitrogen and oxygen atoms in total. The molecule has 0 saturated heterocycles. The van der Waals surface area contributed by atoms with E-state index >= 15 is 0 Å². The van der Waals surface area contributed by atoms with E-state index in [0.29, 0.717) is 0 Å². The second-order valence-electron chi connectivity index (χ2n) is 5.30. The third-order valence-electron chi connectivity index (χ3n) is 3.81. The summed E-state index contributed by atoms with van der Waals surface area (Å²) in [6, 6.07) is 15.3. The van der Waals surface area contributed by atoms with Crippen molar-refractivity contribution >= 4 is 11.4 Å². The Labute approximate surface area is 115 Å². The summed E-state index contributed by atoms with van der Waals surface area (Å²) < 4.78 is 0. The van der Waals surface area contributed by atoms with Gasteiger partial charge in [0.2, 0.25) is 0 Å². The van der Waals surface area contributed by atoms with Gasteiger partial charge in [-0.15, -0.1) is 0 Å². The molecule has 0 radical (unpaired) electrons. The number of aryl methyl sites for hydroxylation is 2. The minimum absolute atomic E-state index is 0.992. The van der Waals surface area contributed by atoms with Crippen molar-refractivity contribution in [1.82, 2.24) is 0 Å². The molecule has 0 aromatic heterocycles. The van der Waals surface area contributed by atoms with Gasteiger partial charge in [-0.2, -0.15) is 0 Å². The first-order valence-corrected chi connectivity index (χ1v) is 6.88. The van der Waals surface area contributed by atoms with Crippen LogP contribution >= 0.6 is 0 Å². The van der Waals surface area contributed by atoms with Gasteiger partial charge in [-0.25, -0.2) is 0 Å². The van der Waals surface area contributed by atoms with Gasteiger partial charge >= 0.3 is 0 Å². The van der Waals surface area contributed by atoms with Crippen LogP contribution in [0.25, 0.3) is 0 Å². The quantitative estimate of drug-likeness (QED) is 0.876. The molecular formula is C17H20N2. The van der Waals surface area contributed by atoms with Crippen molar-refractivity contribution in [2.24, 2.45) is 0 Å². The molecule has 0 saturated carbocycles. The number of para-hydroxylation sites is 2. The molecule has 2 aromatic carbocycles. The average molecular weight is 252 g/mol. The van der Waals surface area contributed by atoms with Gasteiger partial charge in [-0.1, -0.05) is 35.9 Å². The van der Waals surface area contributed by atoms with E-state index in [0.717, 1.165) is 19.6 Å². The lowest BCUT2D eigenvalue weighted by Gasteiger charge is -2.32. The van der Waals surface area contributed by atoms with Crippen LogP contribution in [0.1, 0.15) is 16.7 Å². The van der Waals surface area contributed by atoms with E-state index in [1.54, 1.807) is 0 Å². The zero-order chi connectivity index (χ0) is 13.2. The topological polar surface area (TPSA) is 15.3 Å². The van der Waals surface area contributed by atoms with Crippen LogP contribution in [-0.2, 0) is 6.54 Å². The SMILES string of the molecule is Cc1ccc(C)c(CN2CCNc3ccccc32)c1. The molecule has 0 spiro atoms. The molecule has 1 N–H and O–H groups in total. The maximum absolute atomic E-state index is 3.46. The number of nitrogens with one attached hydrogen (secondary N) is 1. The number of anilines is 2. The number of benzene rings is 2.